The first-order valence-electron chi connectivity index (χ1n) is 5.50. The second-order valence-electron chi connectivity index (χ2n) is 4.53. The molecule has 1 amide bonds. The normalized spacial score (nSPS) is 26.6. The third-order valence-corrected chi connectivity index (χ3v) is 3.96. The number of amides is 1. The average molecular weight is 298 g/mol. The van der Waals surface area contributed by atoms with E-state index >= 15 is 0 Å². The lowest BCUT2D eigenvalue weighted by Crippen LogP contribution is -2.55. The molecule has 0 aliphatic carbocycles. The summed E-state index contributed by atoms with van der Waals surface area (Å²) in [5.41, 5.74) is 1.06. The summed E-state index contributed by atoms with van der Waals surface area (Å²) in [6, 6.07) is 2.34. The maximum Gasteiger partial charge on any atom is 0.407 e. The van der Waals surface area contributed by atoms with Crippen molar-refractivity contribution in [3.8, 4) is 0 Å². The van der Waals surface area contributed by atoms with Gasteiger partial charge in [0, 0.05) is 36.2 Å². The van der Waals surface area contributed by atoms with Gasteiger partial charge in [-0.25, -0.2) is 4.79 Å². The van der Waals surface area contributed by atoms with Crippen LogP contribution in [0.25, 0.3) is 0 Å². The summed E-state index contributed by atoms with van der Waals surface area (Å²) >= 11 is 3.40. The van der Waals surface area contributed by atoms with Crippen LogP contribution < -0.4 is 4.90 Å². The van der Waals surface area contributed by atoms with Gasteiger partial charge in [0.05, 0.1) is 17.9 Å². The molecule has 1 aromatic rings. The lowest BCUT2D eigenvalue weighted by molar-refractivity contribution is 0.155. The molecular formula is C11H12BrN3O2. The minimum atomic E-state index is -0.813. The summed E-state index contributed by atoms with van der Waals surface area (Å²) < 4.78 is 0.950. The third-order valence-electron chi connectivity index (χ3n) is 3.53. The molecule has 0 saturated carbocycles. The van der Waals surface area contributed by atoms with E-state index < -0.39 is 6.09 Å². The summed E-state index contributed by atoms with van der Waals surface area (Å²) in [4.78, 5) is 18.8. The monoisotopic (exact) mass is 297 g/mol. The van der Waals surface area contributed by atoms with Gasteiger partial charge in [0.2, 0.25) is 0 Å². The van der Waals surface area contributed by atoms with Crippen LogP contribution in [-0.4, -0.2) is 46.8 Å². The molecule has 0 unspecified atom stereocenters. The predicted octanol–water partition coefficient (Wildman–Crippen LogP) is 1.64. The Morgan fingerprint density at radius 1 is 1.41 bits per heavy atom. The van der Waals surface area contributed by atoms with Crippen molar-refractivity contribution in [2.24, 2.45) is 5.92 Å². The van der Waals surface area contributed by atoms with Gasteiger partial charge in [-0.05, 0) is 22.0 Å². The van der Waals surface area contributed by atoms with Crippen molar-refractivity contribution < 1.29 is 9.90 Å². The maximum absolute atomic E-state index is 10.9. The molecule has 3 rings (SSSR count). The molecule has 2 aliphatic rings. The number of carboxylic acid groups (broad SMARTS) is 1. The number of anilines is 1. The molecule has 2 atom stereocenters. The van der Waals surface area contributed by atoms with Crippen molar-refractivity contribution in [1.29, 1.82) is 0 Å². The van der Waals surface area contributed by atoms with Crippen LogP contribution in [0.4, 0.5) is 10.5 Å². The Bertz CT molecular complexity index is 468. The van der Waals surface area contributed by atoms with Crippen molar-refractivity contribution >= 4 is 27.7 Å². The van der Waals surface area contributed by atoms with Crippen LogP contribution in [0.5, 0.6) is 0 Å². The Balaban J connectivity index is 1.75. The Morgan fingerprint density at radius 3 is 2.94 bits per heavy atom. The maximum atomic E-state index is 10.9. The highest BCUT2D eigenvalue weighted by Crippen LogP contribution is 2.36. The Labute approximate surface area is 107 Å². The van der Waals surface area contributed by atoms with Crippen LogP contribution in [0.2, 0.25) is 0 Å². The zero-order chi connectivity index (χ0) is 12.0. The number of hydrogen-bond donors (Lipinski definition) is 1. The number of fused-ring (bicyclic) bond motifs is 1. The van der Waals surface area contributed by atoms with E-state index in [1.807, 2.05) is 12.3 Å². The molecule has 5 nitrogen and oxygen atoms in total. The van der Waals surface area contributed by atoms with E-state index in [0.717, 1.165) is 16.7 Å². The van der Waals surface area contributed by atoms with Crippen LogP contribution in [0.15, 0.2) is 22.9 Å². The molecule has 0 aromatic carbocycles. The minimum absolute atomic E-state index is 0.321. The predicted molar refractivity (Wildman–Crippen MR) is 66.2 cm³/mol. The Morgan fingerprint density at radius 2 is 2.24 bits per heavy atom. The Hall–Kier alpha value is -1.30. The molecule has 90 valence electrons. The second-order valence-corrected chi connectivity index (χ2v) is 5.44. The zero-order valence-corrected chi connectivity index (χ0v) is 10.7. The van der Waals surface area contributed by atoms with Gasteiger partial charge >= 0.3 is 6.09 Å². The molecule has 0 spiro atoms. The van der Waals surface area contributed by atoms with E-state index in [9.17, 15) is 4.79 Å². The van der Waals surface area contributed by atoms with Crippen LogP contribution in [-0.2, 0) is 0 Å². The van der Waals surface area contributed by atoms with Gasteiger partial charge in [-0.2, -0.15) is 0 Å². The van der Waals surface area contributed by atoms with E-state index in [1.165, 1.54) is 4.90 Å². The number of nitrogens with zero attached hydrogens (tertiary/aromatic N) is 3. The number of likely N-dealkylation sites (tertiary alicyclic amines) is 1. The average Bonchev–Trinajstić information content (AvgIpc) is 2.57. The topological polar surface area (TPSA) is 56.7 Å². The van der Waals surface area contributed by atoms with Gasteiger partial charge in [0.1, 0.15) is 0 Å². The van der Waals surface area contributed by atoms with Crippen LogP contribution >= 0.6 is 15.9 Å². The van der Waals surface area contributed by atoms with E-state index in [1.54, 1.807) is 6.20 Å². The standard InChI is InChI=1S/C11H12BrN3O2/c12-8-1-9(3-13-2-8)15-5-7-4-14(11(16)17)6-10(7)15/h1-3,7,10H,4-6H2,(H,16,17)/t7-,10-/m1/s1. The van der Waals surface area contributed by atoms with Crippen molar-refractivity contribution in [3.05, 3.63) is 22.9 Å². The van der Waals surface area contributed by atoms with Gasteiger partial charge in [0.15, 0.2) is 0 Å². The number of halogens is 1. The SMILES string of the molecule is O=C(O)N1C[C@@H]2CN(c3cncc(Br)c3)[C@@H]2C1. The van der Waals surface area contributed by atoms with Gasteiger partial charge in [0.25, 0.3) is 0 Å². The fraction of sp³-hybridized carbons (Fsp3) is 0.455. The largest absolute Gasteiger partial charge is 0.465 e. The van der Waals surface area contributed by atoms with Crippen LogP contribution in [0, 0.1) is 5.92 Å². The quantitative estimate of drug-likeness (QED) is 0.856. The van der Waals surface area contributed by atoms with Gasteiger partial charge in [-0.1, -0.05) is 0 Å². The molecule has 17 heavy (non-hydrogen) atoms. The molecular weight excluding hydrogens is 286 g/mol. The molecule has 0 radical (unpaired) electrons. The van der Waals surface area contributed by atoms with E-state index in [-0.39, 0.29) is 0 Å². The molecule has 1 aromatic heterocycles. The lowest BCUT2D eigenvalue weighted by atomic mass is 9.91. The summed E-state index contributed by atoms with van der Waals surface area (Å²) in [6.07, 6.45) is 2.76. The fourth-order valence-corrected chi connectivity index (χ4v) is 3.00. The number of pyridine rings is 1. The molecule has 2 fully saturated rings. The summed E-state index contributed by atoms with van der Waals surface area (Å²) in [5.74, 6) is 0.477. The van der Waals surface area contributed by atoms with E-state index in [4.69, 9.17) is 5.11 Å². The van der Waals surface area contributed by atoms with Crippen LogP contribution in [0.1, 0.15) is 0 Å². The number of aromatic nitrogens is 1. The van der Waals surface area contributed by atoms with Crippen LogP contribution in [0.3, 0.4) is 0 Å². The fourth-order valence-electron chi connectivity index (χ4n) is 2.65. The molecule has 1 N–H and O–H groups in total. The van der Waals surface area contributed by atoms with Gasteiger partial charge in [-0.15, -0.1) is 0 Å². The highest BCUT2D eigenvalue weighted by molar-refractivity contribution is 9.10. The summed E-state index contributed by atoms with van der Waals surface area (Å²) in [7, 11) is 0. The number of hydrogen-bond acceptors (Lipinski definition) is 3. The van der Waals surface area contributed by atoms with Crippen molar-refractivity contribution in [3.63, 3.8) is 0 Å². The van der Waals surface area contributed by atoms with E-state index in [2.05, 4.69) is 25.8 Å². The Kier molecular flexibility index (Phi) is 2.47. The first-order valence-corrected chi connectivity index (χ1v) is 6.29. The first-order chi connectivity index (χ1) is 8.15. The molecule has 3 heterocycles. The number of carbonyl (C=O) groups is 1. The van der Waals surface area contributed by atoms with Gasteiger partial charge in [-0.3, -0.25) is 4.98 Å². The zero-order valence-electron chi connectivity index (χ0n) is 9.08. The highest BCUT2D eigenvalue weighted by Gasteiger charge is 2.47. The van der Waals surface area contributed by atoms with Gasteiger partial charge < -0.3 is 14.9 Å². The summed E-state index contributed by atoms with van der Waals surface area (Å²) in [5, 5.41) is 8.97. The van der Waals surface area contributed by atoms with Crippen molar-refractivity contribution in [1.82, 2.24) is 9.88 Å². The highest BCUT2D eigenvalue weighted by atomic mass is 79.9. The molecule has 2 aliphatic heterocycles. The second kappa shape index (κ2) is 3.87. The lowest BCUT2D eigenvalue weighted by Gasteiger charge is -2.45. The van der Waals surface area contributed by atoms with Crippen molar-refractivity contribution in [2.45, 2.75) is 6.04 Å². The minimum Gasteiger partial charge on any atom is -0.465 e. The molecule has 6 heteroatoms. The van der Waals surface area contributed by atoms with E-state index in [0.29, 0.717) is 25.0 Å². The third kappa shape index (κ3) is 1.76. The molecule has 2 saturated heterocycles. The smallest absolute Gasteiger partial charge is 0.407 e. The number of rotatable bonds is 1. The first kappa shape index (κ1) is 10.8. The van der Waals surface area contributed by atoms with Crippen molar-refractivity contribution in [2.75, 3.05) is 24.5 Å². The summed E-state index contributed by atoms with van der Waals surface area (Å²) in [6.45, 7) is 2.19. The molecule has 0 bridgehead atoms.